The maximum atomic E-state index is 12.3. The first kappa shape index (κ1) is 21.3. The van der Waals surface area contributed by atoms with E-state index < -0.39 is 40.8 Å². The summed E-state index contributed by atoms with van der Waals surface area (Å²) >= 11 is 0. The van der Waals surface area contributed by atoms with E-state index in [1.165, 1.54) is 24.3 Å². The highest BCUT2D eigenvalue weighted by Gasteiger charge is 2.36. The number of benzene rings is 1. The van der Waals surface area contributed by atoms with Gasteiger partial charge in [0.15, 0.2) is 0 Å². The van der Waals surface area contributed by atoms with Gasteiger partial charge in [-0.3, -0.25) is 19.7 Å². The molecule has 2 rings (SSSR count). The Labute approximate surface area is 161 Å². The van der Waals surface area contributed by atoms with Crippen molar-refractivity contribution in [3.8, 4) is 0 Å². The topological polar surface area (TPSA) is 145 Å². The molecule has 10 nitrogen and oxygen atoms in total. The zero-order chi connectivity index (χ0) is 20.7. The summed E-state index contributed by atoms with van der Waals surface area (Å²) in [6.07, 6.45) is 0.138. The molecule has 28 heavy (non-hydrogen) atoms. The third-order valence-corrected chi connectivity index (χ3v) is 4.41. The molecule has 3 atom stereocenters. The smallest absolute Gasteiger partial charge is 0.326 e. The first-order chi connectivity index (χ1) is 13.3. The number of carboxylic acids is 1. The van der Waals surface area contributed by atoms with E-state index >= 15 is 0 Å². The summed E-state index contributed by atoms with van der Waals surface area (Å²) in [5, 5.41) is 22.9. The molecule has 2 N–H and O–H groups in total. The minimum Gasteiger partial charge on any atom is -0.480 e. The number of ether oxygens (including phenoxy) is 2. The number of nitro benzene ring substituents is 1. The van der Waals surface area contributed by atoms with Gasteiger partial charge in [-0.2, -0.15) is 0 Å². The van der Waals surface area contributed by atoms with Crippen LogP contribution in [0.5, 0.6) is 0 Å². The fraction of sp³-hybridized carbons (Fsp3) is 0.500. The lowest BCUT2D eigenvalue weighted by Crippen LogP contribution is -2.49. The summed E-state index contributed by atoms with van der Waals surface area (Å²) in [5.41, 5.74) is 0.188. The van der Waals surface area contributed by atoms with Gasteiger partial charge in [0, 0.05) is 24.7 Å². The van der Waals surface area contributed by atoms with Crippen molar-refractivity contribution < 1.29 is 33.9 Å². The number of carbonyl (C=O) groups excluding carboxylic acids is 2. The lowest BCUT2D eigenvalue weighted by atomic mass is 9.88. The monoisotopic (exact) mass is 394 g/mol. The third kappa shape index (κ3) is 5.49. The van der Waals surface area contributed by atoms with Crippen molar-refractivity contribution >= 4 is 23.5 Å². The third-order valence-electron chi connectivity index (χ3n) is 4.41. The molecule has 1 fully saturated rings. The van der Waals surface area contributed by atoms with Gasteiger partial charge in [-0.25, -0.2) is 4.79 Å². The molecule has 0 bridgehead atoms. The number of esters is 1. The second-order valence-electron chi connectivity index (χ2n) is 6.29. The van der Waals surface area contributed by atoms with Crippen LogP contribution in [0.25, 0.3) is 0 Å². The number of non-ortho nitro benzene ring substituents is 1. The number of amides is 1. The van der Waals surface area contributed by atoms with Crippen LogP contribution in [-0.4, -0.2) is 53.2 Å². The van der Waals surface area contributed by atoms with E-state index in [-0.39, 0.29) is 18.7 Å². The number of carboxylic acid groups (broad SMARTS) is 1. The molecular weight excluding hydrogens is 372 g/mol. The quantitative estimate of drug-likeness (QED) is 0.363. The number of hydrogen-bond acceptors (Lipinski definition) is 7. The van der Waals surface area contributed by atoms with Crippen LogP contribution in [-0.2, 0) is 23.9 Å². The van der Waals surface area contributed by atoms with Gasteiger partial charge in [0.05, 0.1) is 18.0 Å². The van der Waals surface area contributed by atoms with Gasteiger partial charge < -0.3 is 19.9 Å². The van der Waals surface area contributed by atoms with Gasteiger partial charge in [-0.05, 0) is 25.3 Å². The van der Waals surface area contributed by atoms with Gasteiger partial charge in [0.2, 0.25) is 5.91 Å². The van der Waals surface area contributed by atoms with Crippen LogP contribution >= 0.6 is 0 Å². The minimum atomic E-state index is -1.43. The molecule has 152 valence electrons. The molecular formula is C18H22N2O8. The number of hydrogen-bond donors (Lipinski definition) is 2. The van der Waals surface area contributed by atoms with Crippen LogP contribution in [0.2, 0.25) is 0 Å². The molecule has 0 aromatic heterocycles. The number of nitrogens with one attached hydrogen (secondary N) is 1. The van der Waals surface area contributed by atoms with E-state index in [2.05, 4.69) is 5.32 Å². The molecule has 1 saturated heterocycles. The molecule has 0 spiro atoms. The zero-order valence-corrected chi connectivity index (χ0v) is 15.3. The SMILES string of the molecule is CCOC(=O)C[C@H](c1ccc([N+](=O)[O-])cc1)[C@H](NC(=O)[C@H]1CCCO1)C(=O)O. The summed E-state index contributed by atoms with van der Waals surface area (Å²) in [7, 11) is 0. The number of aliphatic carboxylic acids is 1. The number of carbonyl (C=O) groups is 3. The number of nitro groups is 1. The van der Waals surface area contributed by atoms with Crippen LogP contribution in [0, 0.1) is 10.1 Å². The fourth-order valence-corrected chi connectivity index (χ4v) is 3.04. The summed E-state index contributed by atoms with van der Waals surface area (Å²) < 4.78 is 10.2. The second-order valence-corrected chi connectivity index (χ2v) is 6.29. The van der Waals surface area contributed by atoms with Crippen molar-refractivity contribution in [2.24, 2.45) is 0 Å². The Morgan fingerprint density at radius 3 is 2.54 bits per heavy atom. The average Bonchev–Trinajstić information content (AvgIpc) is 3.19. The Kier molecular flexibility index (Phi) is 7.44. The van der Waals surface area contributed by atoms with E-state index in [4.69, 9.17) is 9.47 Å². The van der Waals surface area contributed by atoms with E-state index in [0.717, 1.165) is 0 Å². The van der Waals surface area contributed by atoms with Crippen LogP contribution in [0.4, 0.5) is 5.69 Å². The highest BCUT2D eigenvalue weighted by atomic mass is 16.6. The minimum absolute atomic E-state index is 0.117. The normalized spacial score (nSPS) is 18.1. The van der Waals surface area contributed by atoms with E-state index in [9.17, 15) is 29.6 Å². The van der Waals surface area contributed by atoms with Gasteiger partial charge in [-0.15, -0.1) is 0 Å². The maximum absolute atomic E-state index is 12.3. The lowest BCUT2D eigenvalue weighted by Gasteiger charge is -2.25. The standard InChI is InChI=1S/C18H22N2O8/c1-2-27-15(21)10-13(11-5-7-12(8-6-11)20(25)26)16(18(23)24)19-17(22)14-4-3-9-28-14/h5-8,13-14,16H,2-4,9-10H2,1H3,(H,19,22)(H,23,24)/t13-,14-,16+/m1/s1. The molecule has 1 amide bonds. The molecule has 1 aliphatic rings. The van der Waals surface area contributed by atoms with Gasteiger partial charge in [0.25, 0.3) is 5.69 Å². The van der Waals surface area contributed by atoms with Crippen molar-refractivity contribution in [3.05, 3.63) is 39.9 Å². The van der Waals surface area contributed by atoms with E-state index in [0.29, 0.717) is 25.0 Å². The molecule has 1 aromatic rings. The molecule has 0 aliphatic carbocycles. The summed E-state index contributed by atoms with van der Waals surface area (Å²) in [5.74, 6) is -3.51. The summed E-state index contributed by atoms with van der Waals surface area (Å²) in [6, 6.07) is 3.75. The van der Waals surface area contributed by atoms with E-state index in [1.54, 1.807) is 6.92 Å². The Morgan fingerprint density at radius 2 is 2.04 bits per heavy atom. The molecule has 1 heterocycles. The van der Waals surface area contributed by atoms with Crippen LogP contribution in [0.3, 0.4) is 0 Å². The van der Waals surface area contributed by atoms with E-state index in [1.807, 2.05) is 0 Å². The molecule has 1 aliphatic heterocycles. The Morgan fingerprint density at radius 1 is 1.36 bits per heavy atom. The fourth-order valence-electron chi connectivity index (χ4n) is 3.04. The van der Waals surface area contributed by atoms with Crippen LogP contribution in [0.1, 0.15) is 37.7 Å². The van der Waals surface area contributed by atoms with Crippen molar-refractivity contribution in [1.29, 1.82) is 0 Å². The van der Waals surface area contributed by atoms with Crippen LogP contribution < -0.4 is 5.32 Å². The first-order valence-corrected chi connectivity index (χ1v) is 8.88. The van der Waals surface area contributed by atoms with Crippen molar-refractivity contribution in [3.63, 3.8) is 0 Å². The Bertz CT molecular complexity index is 728. The van der Waals surface area contributed by atoms with Crippen LogP contribution in [0.15, 0.2) is 24.3 Å². The maximum Gasteiger partial charge on any atom is 0.326 e. The summed E-state index contributed by atoms with van der Waals surface area (Å²) in [4.78, 5) is 46.5. The molecule has 0 saturated carbocycles. The van der Waals surface area contributed by atoms with Gasteiger partial charge in [-0.1, -0.05) is 12.1 Å². The van der Waals surface area contributed by atoms with Crippen molar-refractivity contribution in [1.82, 2.24) is 5.32 Å². The molecule has 1 aromatic carbocycles. The van der Waals surface area contributed by atoms with Crippen molar-refractivity contribution in [2.45, 2.75) is 44.2 Å². The number of rotatable bonds is 9. The molecule has 0 radical (unpaired) electrons. The predicted molar refractivity (Wildman–Crippen MR) is 95.6 cm³/mol. The largest absolute Gasteiger partial charge is 0.480 e. The lowest BCUT2D eigenvalue weighted by molar-refractivity contribution is -0.384. The zero-order valence-electron chi connectivity index (χ0n) is 15.3. The highest BCUT2D eigenvalue weighted by molar-refractivity contribution is 5.87. The van der Waals surface area contributed by atoms with Crippen molar-refractivity contribution in [2.75, 3.05) is 13.2 Å². The molecule has 0 unspecified atom stereocenters. The average molecular weight is 394 g/mol. The summed E-state index contributed by atoms with van der Waals surface area (Å²) in [6.45, 7) is 2.16. The second kappa shape index (κ2) is 9.79. The first-order valence-electron chi connectivity index (χ1n) is 8.88. The van der Waals surface area contributed by atoms with Gasteiger partial charge in [0.1, 0.15) is 12.1 Å². The van der Waals surface area contributed by atoms with Gasteiger partial charge >= 0.3 is 11.9 Å². The predicted octanol–water partition coefficient (Wildman–Crippen LogP) is 1.38. The molecule has 10 heteroatoms. The Hall–Kier alpha value is -3.01. The highest BCUT2D eigenvalue weighted by Crippen LogP contribution is 2.27. The number of nitrogens with zero attached hydrogens (tertiary/aromatic N) is 1. The Balaban J connectivity index is 2.29.